The van der Waals surface area contributed by atoms with E-state index in [1.165, 1.54) is 12.2 Å². The fourth-order valence-electron chi connectivity index (χ4n) is 9.32. The van der Waals surface area contributed by atoms with E-state index in [1.54, 1.807) is 26.8 Å². The Morgan fingerprint density at radius 1 is 1.02 bits per heavy atom. The van der Waals surface area contributed by atoms with Gasteiger partial charge in [-0.3, -0.25) is 24.0 Å². The molecule has 13 heteroatoms. The molecule has 2 saturated heterocycles. The van der Waals surface area contributed by atoms with E-state index in [4.69, 9.17) is 19.0 Å². The Morgan fingerprint density at radius 3 is 2.39 bits per heavy atom. The topological polar surface area (TPSA) is 163 Å². The maximum atomic E-state index is 17.5. The molecule has 8 atom stereocenters. The van der Waals surface area contributed by atoms with Crippen LogP contribution in [0, 0.1) is 22.7 Å². The number of carbonyl (C=O) groups is 6. The number of hydrogen-bond donors (Lipinski definition) is 1. The van der Waals surface area contributed by atoms with E-state index in [0.717, 1.165) is 0 Å². The van der Waals surface area contributed by atoms with E-state index >= 15 is 4.39 Å². The van der Waals surface area contributed by atoms with Gasteiger partial charge in [0, 0.05) is 42.4 Å². The van der Waals surface area contributed by atoms with Crippen molar-refractivity contribution >= 4 is 35.3 Å². The van der Waals surface area contributed by atoms with Crippen LogP contribution in [-0.4, -0.2) is 81.4 Å². The number of aliphatic hydroxyl groups is 1. The molecule has 0 aromatic rings. The first-order valence-electron chi connectivity index (χ1n) is 15.9. The Hall–Kier alpha value is -3.29. The van der Waals surface area contributed by atoms with Gasteiger partial charge in [0.15, 0.2) is 29.4 Å². The number of Topliss-reactive ketones (excluding diaryl/α,β-unsaturated/α-hetero) is 1. The van der Waals surface area contributed by atoms with Gasteiger partial charge < -0.3 is 24.2 Å². The Morgan fingerprint density at radius 2 is 1.70 bits per heavy atom. The van der Waals surface area contributed by atoms with Gasteiger partial charge in [0.1, 0.15) is 0 Å². The summed E-state index contributed by atoms with van der Waals surface area (Å²) in [5, 5.41) is 12.1. The summed E-state index contributed by atoms with van der Waals surface area (Å²) in [7, 11) is 0. The maximum absolute atomic E-state index is 17.5. The molecular formula is C33H40FNO11. The van der Waals surface area contributed by atoms with E-state index in [1.807, 2.05) is 6.92 Å². The third-order valence-corrected chi connectivity index (χ3v) is 11.4. The lowest BCUT2D eigenvalue weighted by molar-refractivity contribution is -0.246. The molecule has 0 unspecified atom stereocenters. The number of allylic oxidation sites excluding steroid dienone is 4. The fraction of sp³-hybridized carbons (Fsp3) is 0.697. The minimum absolute atomic E-state index is 0.00994. The highest BCUT2D eigenvalue weighted by atomic mass is 19.1. The van der Waals surface area contributed by atoms with Crippen molar-refractivity contribution in [1.29, 1.82) is 0 Å². The summed E-state index contributed by atoms with van der Waals surface area (Å²) in [5.41, 5.74) is -5.34. The average molecular weight is 646 g/mol. The number of ether oxygens (including phenoxy) is 3. The van der Waals surface area contributed by atoms with E-state index in [9.17, 15) is 33.9 Å². The number of nitrogens with zero attached hydrogens (tertiary/aromatic N) is 1. The number of carbonyl (C=O) groups excluding carboxylic acids is 6. The van der Waals surface area contributed by atoms with Crippen LogP contribution in [0.3, 0.4) is 0 Å². The molecular weight excluding hydrogens is 605 g/mol. The van der Waals surface area contributed by atoms with Crippen LogP contribution in [-0.2, 0) is 47.8 Å². The van der Waals surface area contributed by atoms with Gasteiger partial charge in [0.2, 0.25) is 5.78 Å². The van der Waals surface area contributed by atoms with Crippen molar-refractivity contribution in [2.75, 3.05) is 6.61 Å². The molecule has 46 heavy (non-hydrogen) atoms. The summed E-state index contributed by atoms with van der Waals surface area (Å²) in [4.78, 5) is 79.0. The summed E-state index contributed by atoms with van der Waals surface area (Å²) in [6, 6.07) is 0. The highest BCUT2D eigenvalue weighted by molar-refractivity contribution is 6.02. The molecule has 2 amide bonds. The lowest BCUT2D eigenvalue weighted by atomic mass is 9.44. The monoisotopic (exact) mass is 645 g/mol. The van der Waals surface area contributed by atoms with Gasteiger partial charge in [-0.25, -0.2) is 9.18 Å². The molecule has 4 aliphatic carbocycles. The Labute approximate surface area is 265 Å². The second-order valence-corrected chi connectivity index (χ2v) is 14.3. The predicted octanol–water partition coefficient (Wildman–Crippen LogP) is 2.75. The smallest absolute Gasteiger partial charge is 0.333 e. The van der Waals surface area contributed by atoms with Gasteiger partial charge in [-0.15, -0.1) is 5.06 Å². The minimum atomic E-state index is -2.10. The summed E-state index contributed by atoms with van der Waals surface area (Å²) < 4.78 is 35.6. The summed E-state index contributed by atoms with van der Waals surface area (Å²) in [6.07, 6.45) is 2.55. The number of imide groups is 1. The van der Waals surface area contributed by atoms with Gasteiger partial charge in [-0.05, 0) is 70.9 Å². The zero-order chi connectivity index (χ0) is 33.4. The fourth-order valence-corrected chi connectivity index (χ4v) is 9.32. The van der Waals surface area contributed by atoms with Gasteiger partial charge in [-0.2, -0.15) is 0 Å². The number of esters is 1. The van der Waals surface area contributed by atoms with E-state index in [0.29, 0.717) is 29.9 Å². The largest absolute Gasteiger partial charge is 0.458 e. The van der Waals surface area contributed by atoms with Crippen molar-refractivity contribution in [2.24, 2.45) is 22.7 Å². The second-order valence-electron chi connectivity index (χ2n) is 14.3. The number of alkyl halides is 1. The van der Waals surface area contributed by atoms with Gasteiger partial charge in [-0.1, -0.05) is 18.6 Å². The normalized spacial score (nSPS) is 40.5. The molecule has 6 aliphatic rings. The van der Waals surface area contributed by atoms with Crippen molar-refractivity contribution < 1.29 is 57.3 Å². The number of fused-ring (bicyclic) bond motifs is 7. The summed E-state index contributed by atoms with van der Waals surface area (Å²) >= 11 is 0. The summed E-state index contributed by atoms with van der Waals surface area (Å²) in [6.45, 7) is 6.23. The predicted molar refractivity (Wildman–Crippen MR) is 154 cm³/mol. The van der Waals surface area contributed by atoms with Crippen molar-refractivity contribution in [3.63, 3.8) is 0 Å². The van der Waals surface area contributed by atoms with Crippen molar-refractivity contribution in [3.05, 3.63) is 23.8 Å². The van der Waals surface area contributed by atoms with Gasteiger partial charge >= 0.3 is 11.9 Å². The number of rotatable bonds is 8. The summed E-state index contributed by atoms with van der Waals surface area (Å²) in [5.74, 6) is -5.87. The van der Waals surface area contributed by atoms with Gasteiger partial charge in [0.05, 0.1) is 12.2 Å². The molecule has 0 aromatic carbocycles. The first kappa shape index (κ1) is 32.6. The number of hydrogen-bond acceptors (Lipinski definition) is 11. The van der Waals surface area contributed by atoms with E-state index in [-0.39, 0.29) is 44.3 Å². The number of ketones is 2. The molecule has 0 radical (unpaired) electrons. The molecule has 0 spiro atoms. The molecule has 12 nitrogen and oxygen atoms in total. The minimum Gasteiger partial charge on any atom is -0.458 e. The molecule has 6 rings (SSSR count). The molecule has 5 fully saturated rings. The molecule has 250 valence electrons. The quantitative estimate of drug-likeness (QED) is 0.305. The number of amides is 2. The van der Waals surface area contributed by atoms with Gasteiger partial charge in [0.25, 0.3) is 11.8 Å². The third-order valence-electron chi connectivity index (χ3n) is 11.4. The zero-order valence-electron chi connectivity index (χ0n) is 26.5. The van der Waals surface area contributed by atoms with E-state index < -0.39 is 88.1 Å². The standard InChI is InChI=1S/C33H40FNO11/c1-29(2)44-24-15-21-20-9-8-18-14-19(36)12-13-30(18,3)32(20,34)22(37)16-31(21,4)33(24,46-29)23(38)17-43-27(41)6-5-7-28(42)45-35-25(39)10-11-26(35)40/h12-14,20-22,24,37H,5-11,15-17H2,1-4H3/t20-,21-,22-,24+,30-,31-,32-,33+/m0/s1. The zero-order valence-corrected chi connectivity index (χ0v) is 26.5. The molecule has 2 aliphatic heterocycles. The van der Waals surface area contributed by atoms with Crippen LogP contribution in [0.5, 0.6) is 0 Å². The Kier molecular flexibility index (Phi) is 7.72. The lowest BCUT2D eigenvalue weighted by Crippen LogP contribution is -2.70. The van der Waals surface area contributed by atoms with Crippen LogP contribution in [0.4, 0.5) is 4.39 Å². The van der Waals surface area contributed by atoms with Crippen LogP contribution in [0.1, 0.15) is 85.5 Å². The van der Waals surface area contributed by atoms with E-state index in [2.05, 4.69) is 0 Å². The Balaban J connectivity index is 1.16. The number of aliphatic hydroxyl groups excluding tert-OH is 1. The molecule has 2 heterocycles. The highest BCUT2D eigenvalue weighted by Crippen LogP contribution is 2.72. The third kappa shape index (κ3) is 4.63. The van der Waals surface area contributed by atoms with Crippen LogP contribution in [0.2, 0.25) is 0 Å². The maximum Gasteiger partial charge on any atom is 0.333 e. The first-order valence-corrected chi connectivity index (χ1v) is 15.9. The van der Waals surface area contributed by atoms with Crippen molar-refractivity contribution in [3.8, 4) is 0 Å². The highest BCUT2D eigenvalue weighted by Gasteiger charge is 2.80. The molecule has 0 aromatic heterocycles. The molecule has 0 bridgehead atoms. The van der Waals surface area contributed by atoms with Crippen molar-refractivity contribution in [2.45, 2.75) is 115 Å². The van der Waals surface area contributed by atoms with Crippen LogP contribution >= 0.6 is 0 Å². The van der Waals surface area contributed by atoms with Crippen molar-refractivity contribution in [1.82, 2.24) is 5.06 Å². The Bertz CT molecular complexity index is 1450. The number of hydroxylamine groups is 2. The van der Waals surface area contributed by atoms with Crippen LogP contribution in [0.15, 0.2) is 23.8 Å². The second kappa shape index (κ2) is 10.9. The number of halogens is 1. The SMILES string of the molecule is CC1(C)O[C@@H]2C[C@H]3[C@@H]4CCC5=CC(=O)C=C[C@]5(C)[C@@]4(F)[C@@H](O)C[C@]3(C)[C@]2(C(=O)COC(=O)CCCC(=O)ON2C(=O)CCC2=O)O1. The van der Waals surface area contributed by atoms with Crippen LogP contribution < -0.4 is 0 Å². The first-order chi connectivity index (χ1) is 21.5. The molecule has 3 saturated carbocycles. The average Bonchev–Trinajstić information content (AvgIpc) is 3.53. The lowest BCUT2D eigenvalue weighted by Gasteiger charge is -2.62. The molecule has 1 N–H and O–H groups in total. The van der Waals surface area contributed by atoms with Crippen LogP contribution in [0.25, 0.3) is 0 Å².